The summed E-state index contributed by atoms with van der Waals surface area (Å²) in [7, 11) is 1.38. The van der Waals surface area contributed by atoms with Gasteiger partial charge in [-0.15, -0.1) is 0 Å². The van der Waals surface area contributed by atoms with Crippen molar-refractivity contribution in [3.63, 3.8) is 0 Å². The number of fused-ring (bicyclic) bond motifs is 5. The zero-order chi connectivity index (χ0) is 25.2. The van der Waals surface area contributed by atoms with Crippen molar-refractivity contribution in [2.45, 2.75) is 12.1 Å². The van der Waals surface area contributed by atoms with Crippen LogP contribution in [-0.4, -0.2) is 44.6 Å². The standard InChI is InChI=1S/C23H16FN7O4S/c1-25-21(34)19-27-18(28-20(33)16-11-4-2-3-5-14(11)36-30-16)17-23(29-15(32)9-31(17)19)12-8-10(24)6-7-13(12)26-22(23)35/h2-8H,9H2,1H3,(H,25,34)(H,26,35)(H,28,33)(H,29,32). The van der Waals surface area contributed by atoms with E-state index in [1.165, 1.54) is 23.7 Å². The second kappa shape index (κ2) is 7.68. The zero-order valence-electron chi connectivity index (χ0n) is 18.5. The van der Waals surface area contributed by atoms with Gasteiger partial charge in [-0.1, -0.05) is 18.2 Å². The maximum absolute atomic E-state index is 14.3. The van der Waals surface area contributed by atoms with E-state index >= 15 is 0 Å². The summed E-state index contributed by atoms with van der Waals surface area (Å²) in [5.41, 5.74) is -1.37. The van der Waals surface area contributed by atoms with Gasteiger partial charge in [-0.05, 0) is 35.8 Å². The molecule has 1 unspecified atom stereocenters. The molecule has 4 N–H and O–H groups in total. The maximum atomic E-state index is 14.3. The molecule has 0 radical (unpaired) electrons. The molecule has 1 atom stereocenters. The Bertz CT molecular complexity index is 1640. The van der Waals surface area contributed by atoms with E-state index in [-0.39, 0.29) is 40.8 Å². The van der Waals surface area contributed by atoms with Crippen molar-refractivity contribution in [1.29, 1.82) is 0 Å². The first-order valence-corrected chi connectivity index (χ1v) is 11.5. The van der Waals surface area contributed by atoms with Gasteiger partial charge in [-0.2, -0.15) is 4.37 Å². The molecule has 1 spiro atoms. The highest BCUT2D eigenvalue weighted by molar-refractivity contribution is 7.13. The summed E-state index contributed by atoms with van der Waals surface area (Å²) in [6, 6.07) is 10.8. The molecule has 0 fully saturated rings. The van der Waals surface area contributed by atoms with E-state index in [2.05, 4.69) is 30.6 Å². The number of carbonyl (C=O) groups is 4. The van der Waals surface area contributed by atoms with Gasteiger partial charge >= 0.3 is 0 Å². The number of hydrogen-bond acceptors (Lipinski definition) is 7. The number of hydrogen-bond donors (Lipinski definition) is 4. The molecule has 0 aliphatic carbocycles. The van der Waals surface area contributed by atoms with E-state index in [1.54, 1.807) is 12.1 Å². The molecule has 0 bridgehead atoms. The Labute approximate surface area is 205 Å². The number of benzene rings is 2. The third kappa shape index (κ3) is 2.95. The number of imidazole rings is 1. The molecule has 2 aliphatic rings. The zero-order valence-corrected chi connectivity index (χ0v) is 19.3. The van der Waals surface area contributed by atoms with E-state index in [0.717, 1.165) is 22.3 Å². The van der Waals surface area contributed by atoms with Crippen LogP contribution in [0.2, 0.25) is 0 Å². The molecule has 0 saturated heterocycles. The van der Waals surface area contributed by atoms with Gasteiger partial charge in [0, 0.05) is 23.7 Å². The number of halogens is 1. The number of amides is 4. The van der Waals surface area contributed by atoms with Crippen LogP contribution in [0, 0.1) is 5.82 Å². The maximum Gasteiger partial charge on any atom is 0.287 e. The SMILES string of the molecule is CNC(=O)c1nc(NC(=O)c2nsc3ccccc23)c2n1CC(=O)NC21C(=O)Nc2ccc(F)cc21. The molecule has 2 aromatic heterocycles. The molecule has 2 aromatic carbocycles. The molecule has 36 heavy (non-hydrogen) atoms. The highest BCUT2D eigenvalue weighted by Crippen LogP contribution is 2.45. The van der Waals surface area contributed by atoms with Crippen LogP contribution >= 0.6 is 11.5 Å². The monoisotopic (exact) mass is 505 g/mol. The van der Waals surface area contributed by atoms with Gasteiger partial charge in [0.25, 0.3) is 17.7 Å². The van der Waals surface area contributed by atoms with Gasteiger partial charge in [0.05, 0.1) is 4.70 Å². The summed E-state index contributed by atoms with van der Waals surface area (Å²) in [5.74, 6) is -3.52. The van der Waals surface area contributed by atoms with Crippen molar-refractivity contribution < 1.29 is 23.6 Å². The van der Waals surface area contributed by atoms with Crippen molar-refractivity contribution in [3.05, 3.63) is 71.1 Å². The van der Waals surface area contributed by atoms with Crippen LogP contribution in [0.5, 0.6) is 0 Å². The number of rotatable bonds is 3. The van der Waals surface area contributed by atoms with E-state index in [0.29, 0.717) is 5.39 Å². The minimum Gasteiger partial charge on any atom is -0.352 e. The number of anilines is 2. The lowest BCUT2D eigenvalue weighted by molar-refractivity contribution is -0.131. The average molecular weight is 505 g/mol. The van der Waals surface area contributed by atoms with Gasteiger partial charge in [0.1, 0.15) is 23.7 Å². The molecular weight excluding hydrogens is 489 g/mol. The largest absolute Gasteiger partial charge is 0.352 e. The lowest BCUT2D eigenvalue weighted by atomic mass is 9.85. The van der Waals surface area contributed by atoms with Crippen LogP contribution < -0.4 is 21.3 Å². The van der Waals surface area contributed by atoms with E-state index in [9.17, 15) is 23.6 Å². The third-order valence-electron chi connectivity index (χ3n) is 6.18. The number of nitrogens with one attached hydrogen (secondary N) is 4. The van der Waals surface area contributed by atoms with Gasteiger partial charge in [0.15, 0.2) is 11.4 Å². The Balaban J connectivity index is 1.57. The number of carbonyl (C=O) groups excluding carboxylic acids is 4. The third-order valence-corrected chi connectivity index (χ3v) is 7.01. The van der Waals surface area contributed by atoms with Crippen LogP contribution in [0.25, 0.3) is 10.1 Å². The van der Waals surface area contributed by atoms with E-state index < -0.39 is 35.0 Å². The van der Waals surface area contributed by atoms with Gasteiger partial charge in [-0.3, -0.25) is 19.2 Å². The van der Waals surface area contributed by atoms with Crippen molar-refractivity contribution in [2.24, 2.45) is 0 Å². The molecule has 6 rings (SSSR count). The fraction of sp³-hybridized carbons (Fsp3) is 0.130. The van der Waals surface area contributed by atoms with Gasteiger partial charge in [-0.25, -0.2) is 9.37 Å². The summed E-state index contributed by atoms with van der Waals surface area (Å²) in [5, 5.41) is 11.0. The van der Waals surface area contributed by atoms with Crippen LogP contribution in [0.1, 0.15) is 32.4 Å². The Hall–Kier alpha value is -4.65. The topological polar surface area (TPSA) is 147 Å². The molecule has 0 saturated carbocycles. The lowest BCUT2D eigenvalue weighted by Crippen LogP contribution is -2.57. The predicted molar refractivity (Wildman–Crippen MR) is 127 cm³/mol. The summed E-state index contributed by atoms with van der Waals surface area (Å²) in [6.07, 6.45) is 0. The summed E-state index contributed by atoms with van der Waals surface area (Å²) >= 11 is 1.14. The number of aromatic nitrogens is 3. The van der Waals surface area contributed by atoms with Crippen LogP contribution in [-0.2, 0) is 21.7 Å². The number of nitrogens with zero attached hydrogens (tertiary/aromatic N) is 3. The predicted octanol–water partition coefficient (Wildman–Crippen LogP) is 1.57. The minimum atomic E-state index is -1.93. The van der Waals surface area contributed by atoms with Crippen molar-refractivity contribution in [2.75, 3.05) is 17.7 Å². The molecule has 4 heterocycles. The molecule has 13 heteroatoms. The highest BCUT2D eigenvalue weighted by atomic mass is 32.1. The summed E-state index contributed by atoms with van der Waals surface area (Å²) < 4.78 is 20.6. The Morgan fingerprint density at radius 2 is 1.97 bits per heavy atom. The first-order chi connectivity index (χ1) is 17.3. The Kier molecular flexibility index (Phi) is 4.66. The molecule has 11 nitrogen and oxygen atoms in total. The fourth-order valence-corrected chi connectivity index (χ4v) is 5.43. The molecule has 4 aromatic rings. The first-order valence-electron chi connectivity index (χ1n) is 10.7. The Morgan fingerprint density at radius 3 is 2.78 bits per heavy atom. The van der Waals surface area contributed by atoms with Crippen molar-refractivity contribution in [1.82, 2.24) is 24.6 Å². The highest BCUT2D eigenvalue weighted by Gasteiger charge is 2.56. The van der Waals surface area contributed by atoms with Crippen molar-refractivity contribution >= 4 is 56.8 Å². The Morgan fingerprint density at radius 1 is 1.17 bits per heavy atom. The quantitative estimate of drug-likeness (QED) is 0.332. The van der Waals surface area contributed by atoms with Crippen LogP contribution in [0.15, 0.2) is 42.5 Å². The fourth-order valence-electron chi connectivity index (χ4n) is 4.66. The molecule has 4 amide bonds. The van der Waals surface area contributed by atoms with Crippen LogP contribution in [0.3, 0.4) is 0 Å². The molecular formula is C23H16FN7O4S. The molecule has 180 valence electrons. The lowest BCUT2D eigenvalue weighted by Gasteiger charge is -2.34. The normalized spacial score (nSPS) is 17.9. The smallest absolute Gasteiger partial charge is 0.287 e. The van der Waals surface area contributed by atoms with Gasteiger partial charge < -0.3 is 25.8 Å². The summed E-state index contributed by atoms with van der Waals surface area (Å²) in [6.45, 7) is -0.347. The van der Waals surface area contributed by atoms with E-state index in [4.69, 9.17) is 0 Å². The van der Waals surface area contributed by atoms with Crippen LogP contribution in [0.4, 0.5) is 15.9 Å². The average Bonchev–Trinajstić information content (AvgIpc) is 3.52. The second-order valence-electron chi connectivity index (χ2n) is 8.22. The minimum absolute atomic E-state index is 0.0236. The van der Waals surface area contributed by atoms with Gasteiger partial charge in [0.2, 0.25) is 11.7 Å². The second-order valence-corrected chi connectivity index (χ2v) is 9.03. The first kappa shape index (κ1) is 21.9. The summed E-state index contributed by atoms with van der Waals surface area (Å²) in [4.78, 5) is 56.5. The molecule has 2 aliphatic heterocycles. The van der Waals surface area contributed by atoms with Crippen molar-refractivity contribution in [3.8, 4) is 0 Å². The van der Waals surface area contributed by atoms with E-state index in [1.807, 2.05) is 12.1 Å².